The Balaban J connectivity index is 1.80. The number of carbonyl (C=O) groups is 1. The van der Waals surface area contributed by atoms with Gasteiger partial charge in [-0.3, -0.25) is 4.79 Å². The lowest BCUT2D eigenvalue weighted by atomic mass is 10.1. The average molecular weight is 287 g/mol. The van der Waals surface area contributed by atoms with Gasteiger partial charge in [0, 0.05) is 32.2 Å². The summed E-state index contributed by atoms with van der Waals surface area (Å²) in [6.07, 6.45) is 2.47. The first-order valence-corrected chi connectivity index (χ1v) is 7.27. The highest BCUT2D eigenvalue weighted by molar-refractivity contribution is 5.92. The lowest BCUT2D eigenvalue weighted by molar-refractivity contribution is -0.116. The van der Waals surface area contributed by atoms with Crippen LogP contribution in [-0.4, -0.2) is 43.7 Å². The Morgan fingerprint density at radius 1 is 1.43 bits per heavy atom. The number of benzene rings is 1. The molecule has 1 aromatic carbocycles. The zero-order valence-corrected chi connectivity index (χ0v) is 12.3. The predicted molar refractivity (Wildman–Crippen MR) is 80.9 cm³/mol. The molecule has 0 spiro atoms. The lowest BCUT2D eigenvalue weighted by Gasteiger charge is -2.30. The van der Waals surface area contributed by atoms with Crippen molar-refractivity contribution in [3.8, 4) is 6.07 Å². The zero-order chi connectivity index (χ0) is 15.1. The molecule has 1 amide bonds. The van der Waals surface area contributed by atoms with Crippen LogP contribution >= 0.6 is 0 Å². The largest absolute Gasteiger partial charge is 0.381 e. The number of carbonyl (C=O) groups excluding carboxylic acids is 1. The van der Waals surface area contributed by atoms with Crippen LogP contribution in [0.2, 0.25) is 0 Å². The number of hydrogen-bond acceptors (Lipinski definition) is 4. The first kappa shape index (κ1) is 15.5. The normalized spacial score (nSPS) is 15.7. The molecule has 5 nitrogen and oxygen atoms in total. The maximum Gasteiger partial charge on any atom is 0.225 e. The van der Waals surface area contributed by atoms with Crippen LogP contribution in [0.1, 0.15) is 24.8 Å². The van der Waals surface area contributed by atoms with Crippen molar-refractivity contribution in [2.45, 2.75) is 25.3 Å². The molecule has 0 unspecified atom stereocenters. The number of amides is 1. The van der Waals surface area contributed by atoms with Gasteiger partial charge < -0.3 is 15.0 Å². The van der Waals surface area contributed by atoms with Gasteiger partial charge >= 0.3 is 0 Å². The minimum Gasteiger partial charge on any atom is -0.381 e. The molecule has 1 fully saturated rings. The maximum atomic E-state index is 12.0. The van der Waals surface area contributed by atoms with E-state index < -0.39 is 0 Å². The van der Waals surface area contributed by atoms with Gasteiger partial charge in [-0.2, -0.15) is 5.26 Å². The van der Waals surface area contributed by atoms with Crippen LogP contribution in [-0.2, 0) is 9.53 Å². The summed E-state index contributed by atoms with van der Waals surface area (Å²) in [6.45, 7) is 2.32. The molecule has 1 saturated heterocycles. The molecule has 1 N–H and O–H groups in total. The molecule has 0 saturated carbocycles. The summed E-state index contributed by atoms with van der Waals surface area (Å²) in [4.78, 5) is 14.2. The van der Waals surface area contributed by atoms with Crippen LogP contribution in [0.4, 0.5) is 5.69 Å². The fourth-order valence-electron chi connectivity index (χ4n) is 2.49. The third-order valence-electron chi connectivity index (χ3n) is 3.83. The molecule has 0 aliphatic carbocycles. The standard InChI is InChI=1S/C16H21N3O2/c1-19(14-7-10-21-11-8-14)9-6-16(20)18-15-5-3-2-4-13(15)12-17/h2-5,14H,6-11H2,1H3,(H,18,20). The highest BCUT2D eigenvalue weighted by atomic mass is 16.5. The molecule has 1 aliphatic heterocycles. The summed E-state index contributed by atoms with van der Waals surface area (Å²) in [5.41, 5.74) is 1.07. The van der Waals surface area contributed by atoms with Gasteiger partial charge in [-0.25, -0.2) is 0 Å². The van der Waals surface area contributed by atoms with Gasteiger partial charge in [0.15, 0.2) is 0 Å². The van der Waals surface area contributed by atoms with Gasteiger partial charge in [-0.05, 0) is 32.0 Å². The zero-order valence-electron chi connectivity index (χ0n) is 12.3. The summed E-state index contributed by atoms with van der Waals surface area (Å²) in [7, 11) is 2.05. The van der Waals surface area contributed by atoms with Crippen molar-refractivity contribution in [1.29, 1.82) is 5.26 Å². The second kappa shape index (κ2) is 7.77. The lowest BCUT2D eigenvalue weighted by Crippen LogP contribution is -2.38. The summed E-state index contributed by atoms with van der Waals surface area (Å²) in [5, 5.41) is 11.8. The van der Waals surface area contributed by atoms with Crippen molar-refractivity contribution in [3.05, 3.63) is 29.8 Å². The maximum absolute atomic E-state index is 12.0. The Bertz CT molecular complexity index is 518. The van der Waals surface area contributed by atoms with Gasteiger partial charge in [0.25, 0.3) is 0 Å². The first-order valence-electron chi connectivity index (χ1n) is 7.27. The molecule has 0 aromatic heterocycles. The van der Waals surface area contributed by atoms with Crippen LogP contribution in [0.15, 0.2) is 24.3 Å². The van der Waals surface area contributed by atoms with Crippen LogP contribution in [0.25, 0.3) is 0 Å². The predicted octanol–water partition coefficient (Wildman–Crippen LogP) is 2.00. The molecule has 21 heavy (non-hydrogen) atoms. The molecular formula is C16H21N3O2. The second-order valence-electron chi connectivity index (χ2n) is 5.28. The molecule has 2 rings (SSSR count). The number of nitrogens with one attached hydrogen (secondary N) is 1. The molecule has 0 atom stereocenters. The quantitative estimate of drug-likeness (QED) is 0.899. The van der Waals surface area contributed by atoms with Crippen LogP contribution in [0.3, 0.4) is 0 Å². The van der Waals surface area contributed by atoms with E-state index in [1.807, 2.05) is 13.1 Å². The molecular weight excluding hydrogens is 266 g/mol. The number of nitriles is 1. The van der Waals surface area contributed by atoms with E-state index in [9.17, 15) is 4.79 Å². The van der Waals surface area contributed by atoms with Crippen molar-refractivity contribution in [3.63, 3.8) is 0 Å². The van der Waals surface area contributed by atoms with Crippen LogP contribution in [0, 0.1) is 11.3 Å². The smallest absolute Gasteiger partial charge is 0.225 e. The molecule has 1 aromatic rings. The molecule has 0 radical (unpaired) electrons. The van der Waals surface area contributed by atoms with Gasteiger partial charge in [0.2, 0.25) is 5.91 Å². The van der Waals surface area contributed by atoms with E-state index in [0.717, 1.165) is 26.1 Å². The number of nitrogens with zero attached hydrogens (tertiary/aromatic N) is 2. The number of hydrogen-bond donors (Lipinski definition) is 1. The molecule has 112 valence electrons. The third kappa shape index (κ3) is 4.55. The van der Waals surface area contributed by atoms with Gasteiger partial charge in [0.1, 0.15) is 6.07 Å². The van der Waals surface area contributed by atoms with Crippen molar-refractivity contribution in [2.24, 2.45) is 0 Å². The molecule has 1 aliphatic rings. The average Bonchev–Trinajstić information content (AvgIpc) is 2.54. The SMILES string of the molecule is CN(CCC(=O)Nc1ccccc1C#N)C1CCOCC1. The van der Waals surface area contributed by atoms with E-state index >= 15 is 0 Å². The van der Waals surface area contributed by atoms with Crippen molar-refractivity contribution < 1.29 is 9.53 Å². The number of ether oxygens (including phenoxy) is 1. The van der Waals surface area contributed by atoms with Gasteiger partial charge in [0.05, 0.1) is 11.3 Å². The minimum absolute atomic E-state index is 0.0587. The molecule has 5 heteroatoms. The van der Waals surface area contributed by atoms with Crippen LogP contribution in [0.5, 0.6) is 0 Å². The highest BCUT2D eigenvalue weighted by Gasteiger charge is 2.18. The Hall–Kier alpha value is -1.90. The van der Waals surface area contributed by atoms with Crippen LogP contribution < -0.4 is 5.32 Å². The highest BCUT2D eigenvalue weighted by Crippen LogP contribution is 2.15. The van der Waals surface area contributed by atoms with E-state index in [2.05, 4.69) is 16.3 Å². The number of anilines is 1. The second-order valence-corrected chi connectivity index (χ2v) is 5.28. The van der Waals surface area contributed by atoms with E-state index in [-0.39, 0.29) is 5.91 Å². The summed E-state index contributed by atoms with van der Waals surface area (Å²) in [6, 6.07) is 9.62. The van der Waals surface area contributed by atoms with Crippen molar-refractivity contribution in [2.75, 3.05) is 32.1 Å². The summed E-state index contributed by atoms with van der Waals surface area (Å²) < 4.78 is 5.34. The fourth-order valence-corrected chi connectivity index (χ4v) is 2.49. The topological polar surface area (TPSA) is 65.4 Å². The van der Waals surface area contributed by atoms with E-state index in [1.165, 1.54) is 0 Å². The van der Waals surface area contributed by atoms with E-state index in [0.29, 0.717) is 30.3 Å². The Kier molecular flexibility index (Phi) is 5.73. The monoisotopic (exact) mass is 287 g/mol. The summed E-state index contributed by atoms with van der Waals surface area (Å²) in [5.74, 6) is -0.0587. The Morgan fingerprint density at radius 2 is 2.14 bits per heavy atom. The first-order chi connectivity index (χ1) is 10.2. The van der Waals surface area contributed by atoms with Gasteiger partial charge in [-0.15, -0.1) is 0 Å². The van der Waals surface area contributed by atoms with E-state index in [4.69, 9.17) is 10.00 Å². The van der Waals surface area contributed by atoms with Crippen molar-refractivity contribution >= 4 is 11.6 Å². The molecule has 1 heterocycles. The minimum atomic E-state index is -0.0587. The third-order valence-corrected chi connectivity index (χ3v) is 3.83. The Labute approximate surface area is 125 Å². The number of rotatable bonds is 5. The summed E-state index contributed by atoms with van der Waals surface area (Å²) >= 11 is 0. The number of para-hydroxylation sites is 1. The van der Waals surface area contributed by atoms with E-state index in [1.54, 1.807) is 18.2 Å². The Morgan fingerprint density at radius 3 is 2.86 bits per heavy atom. The molecule has 0 bridgehead atoms. The fraction of sp³-hybridized carbons (Fsp3) is 0.500. The van der Waals surface area contributed by atoms with Crippen molar-refractivity contribution in [1.82, 2.24) is 4.90 Å². The van der Waals surface area contributed by atoms with Gasteiger partial charge in [-0.1, -0.05) is 12.1 Å².